The van der Waals surface area contributed by atoms with E-state index in [2.05, 4.69) is 4.90 Å². The SMILES string of the molecule is CS(=O)(=O)C(=C1CN(Cc2ccccc2)C1)c1cccc(F)c1. The van der Waals surface area contributed by atoms with E-state index in [0.29, 0.717) is 18.7 Å². The van der Waals surface area contributed by atoms with Gasteiger partial charge in [0.25, 0.3) is 0 Å². The average molecular weight is 331 g/mol. The van der Waals surface area contributed by atoms with Gasteiger partial charge in [0.2, 0.25) is 0 Å². The molecule has 0 aliphatic carbocycles. The van der Waals surface area contributed by atoms with Crippen molar-refractivity contribution >= 4 is 14.7 Å². The van der Waals surface area contributed by atoms with Crippen molar-refractivity contribution in [3.05, 3.63) is 77.1 Å². The summed E-state index contributed by atoms with van der Waals surface area (Å²) in [7, 11) is -3.40. The molecule has 120 valence electrons. The lowest BCUT2D eigenvalue weighted by molar-refractivity contribution is 0.243. The Balaban J connectivity index is 1.84. The number of likely N-dealkylation sites (tertiary alicyclic amines) is 1. The van der Waals surface area contributed by atoms with Crippen LogP contribution < -0.4 is 0 Å². The van der Waals surface area contributed by atoms with Gasteiger partial charge >= 0.3 is 0 Å². The van der Waals surface area contributed by atoms with Crippen LogP contribution in [0.25, 0.3) is 4.91 Å². The van der Waals surface area contributed by atoms with E-state index in [0.717, 1.165) is 12.1 Å². The van der Waals surface area contributed by atoms with Gasteiger partial charge in [-0.3, -0.25) is 4.90 Å². The van der Waals surface area contributed by atoms with Crippen molar-refractivity contribution < 1.29 is 12.8 Å². The van der Waals surface area contributed by atoms with Crippen LogP contribution >= 0.6 is 0 Å². The molecule has 2 aromatic rings. The molecule has 23 heavy (non-hydrogen) atoms. The van der Waals surface area contributed by atoms with Crippen molar-refractivity contribution in [1.82, 2.24) is 4.90 Å². The van der Waals surface area contributed by atoms with Gasteiger partial charge in [-0.2, -0.15) is 0 Å². The zero-order chi connectivity index (χ0) is 16.4. The lowest BCUT2D eigenvalue weighted by Gasteiger charge is -2.35. The van der Waals surface area contributed by atoms with E-state index in [9.17, 15) is 12.8 Å². The maximum absolute atomic E-state index is 13.4. The zero-order valence-electron chi connectivity index (χ0n) is 12.9. The van der Waals surface area contributed by atoms with Crippen LogP contribution in [-0.4, -0.2) is 32.7 Å². The van der Waals surface area contributed by atoms with E-state index in [-0.39, 0.29) is 4.91 Å². The van der Waals surface area contributed by atoms with Crippen molar-refractivity contribution in [2.75, 3.05) is 19.3 Å². The summed E-state index contributed by atoms with van der Waals surface area (Å²) < 4.78 is 37.7. The monoisotopic (exact) mass is 331 g/mol. The highest BCUT2D eigenvalue weighted by Gasteiger charge is 2.28. The summed E-state index contributed by atoms with van der Waals surface area (Å²) in [4.78, 5) is 2.43. The van der Waals surface area contributed by atoms with E-state index in [1.54, 1.807) is 6.07 Å². The minimum Gasteiger partial charge on any atom is -0.291 e. The molecular formula is C18H18FNO2S. The second-order valence-electron chi connectivity index (χ2n) is 5.85. The van der Waals surface area contributed by atoms with E-state index in [1.165, 1.54) is 30.0 Å². The Kier molecular flexibility index (Phi) is 4.33. The smallest absolute Gasteiger partial charge is 0.176 e. The Morgan fingerprint density at radius 3 is 2.39 bits per heavy atom. The maximum atomic E-state index is 13.4. The van der Waals surface area contributed by atoms with Crippen molar-refractivity contribution in [2.45, 2.75) is 6.54 Å². The second-order valence-corrected chi connectivity index (χ2v) is 7.80. The van der Waals surface area contributed by atoms with Gasteiger partial charge < -0.3 is 0 Å². The molecule has 1 aliphatic rings. The lowest BCUT2D eigenvalue weighted by Crippen LogP contribution is -2.40. The third-order valence-electron chi connectivity index (χ3n) is 3.86. The molecule has 0 atom stereocenters. The Bertz CT molecular complexity index is 836. The highest BCUT2D eigenvalue weighted by Crippen LogP contribution is 2.31. The van der Waals surface area contributed by atoms with Gasteiger partial charge in [0.05, 0.1) is 4.91 Å². The molecule has 1 aliphatic heterocycles. The molecule has 1 saturated heterocycles. The van der Waals surface area contributed by atoms with Gasteiger partial charge in [-0.05, 0) is 28.8 Å². The zero-order valence-corrected chi connectivity index (χ0v) is 13.7. The first kappa shape index (κ1) is 15.9. The summed E-state index contributed by atoms with van der Waals surface area (Å²) >= 11 is 0. The average Bonchev–Trinajstić information content (AvgIpc) is 2.45. The van der Waals surface area contributed by atoms with Gasteiger partial charge in [0.1, 0.15) is 5.82 Å². The normalized spacial score (nSPS) is 15.3. The number of rotatable bonds is 4. The van der Waals surface area contributed by atoms with E-state index >= 15 is 0 Å². The van der Waals surface area contributed by atoms with Crippen LogP contribution in [0.15, 0.2) is 60.2 Å². The summed E-state index contributed by atoms with van der Waals surface area (Å²) in [5.41, 5.74) is 2.47. The van der Waals surface area contributed by atoms with Gasteiger partial charge in [-0.1, -0.05) is 42.5 Å². The summed E-state index contributed by atoms with van der Waals surface area (Å²) in [6, 6.07) is 15.8. The van der Waals surface area contributed by atoms with Crippen LogP contribution in [0, 0.1) is 5.82 Å². The molecule has 1 fully saturated rings. The van der Waals surface area contributed by atoms with Crippen molar-refractivity contribution in [1.29, 1.82) is 0 Å². The van der Waals surface area contributed by atoms with Crippen molar-refractivity contribution in [3.8, 4) is 0 Å². The number of sulfone groups is 1. The Morgan fingerprint density at radius 1 is 1.09 bits per heavy atom. The first-order valence-corrected chi connectivity index (χ1v) is 9.27. The molecule has 0 bridgehead atoms. The van der Waals surface area contributed by atoms with Crippen molar-refractivity contribution in [2.24, 2.45) is 0 Å². The van der Waals surface area contributed by atoms with Crippen LogP contribution in [0.1, 0.15) is 11.1 Å². The predicted molar refractivity (Wildman–Crippen MR) is 89.9 cm³/mol. The third-order valence-corrected chi connectivity index (χ3v) is 5.12. The fraction of sp³-hybridized carbons (Fsp3) is 0.222. The van der Waals surface area contributed by atoms with Crippen LogP contribution in [0.5, 0.6) is 0 Å². The summed E-state index contributed by atoms with van der Waals surface area (Å²) in [5, 5.41) is 0. The number of halogens is 1. The number of nitrogens with zero attached hydrogens (tertiary/aromatic N) is 1. The highest BCUT2D eigenvalue weighted by atomic mass is 32.2. The Morgan fingerprint density at radius 2 is 1.78 bits per heavy atom. The van der Waals surface area contributed by atoms with Gasteiger partial charge in [-0.15, -0.1) is 0 Å². The van der Waals surface area contributed by atoms with E-state index in [1.807, 2.05) is 30.3 Å². The number of hydrogen-bond donors (Lipinski definition) is 0. The summed E-state index contributed by atoms with van der Waals surface area (Å²) in [6.07, 6.45) is 1.18. The molecule has 5 heteroatoms. The molecule has 0 radical (unpaired) electrons. The molecule has 0 spiro atoms. The quantitative estimate of drug-likeness (QED) is 0.864. The van der Waals surface area contributed by atoms with E-state index in [4.69, 9.17) is 0 Å². The molecule has 0 saturated carbocycles. The van der Waals surface area contributed by atoms with Crippen LogP contribution in [0.3, 0.4) is 0 Å². The lowest BCUT2D eigenvalue weighted by atomic mass is 10.0. The molecule has 0 amide bonds. The van der Waals surface area contributed by atoms with Gasteiger partial charge in [-0.25, -0.2) is 12.8 Å². The fourth-order valence-corrected chi connectivity index (χ4v) is 4.11. The minimum absolute atomic E-state index is 0.265. The minimum atomic E-state index is -3.40. The molecule has 0 unspecified atom stereocenters. The standard InChI is InChI=1S/C18H18FNO2S/c1-23(21,22)18(15-8-5-9-17(19)10-15)16-12-20(13-16)11-14-6-3-2-4-7-14/h2-10H,11-13H2,1H3. The molecule has 3 rings (SSSR count). The largest absolute Gasteiger partial charge is 0.291 e. The van der Waals surface area contributed by atoms with Crippen LogP contribution in [-0.2, 0) is 16.4 Å². The summed E-state index contributed by atoms with van der Waals surface area (Å²) in [6.45, 7) is 1.96. The molecule has 1 heterocycles. The number of hydrogen-bond acceptors (Lipinski definition) is 3. The van der Waals surface area contributed by atoms with Gasteiger partial charge in [0.15, 0.2) is 9.84 Å². The predicted octanol–water partition coefficient (Wildman–Crippen LogP) is 3.10. The molecule has 0 N–H and O–H groups in total. The molecule has 0 aromatic heterocycles. The van der Waals surface area contributed by atoms with E-state index < -0.39 is 15.7 Å². The Hall–Kier alpha value is -1.98. The topological polar surface area (TPSA) is 37.4 Å². The van der Waals surface area contributed by atoms with Crippen molar-refractivity contribution in [3.63, 3.8) is 0 Å². The van der Waals surface area contributed by atoms with Gasteiger partial charge in [0, 0.05) is 25.9 Å². The molecule has 2 aromatic carbocycles. The third kappa shape index (κ3) is 3.68. The van der Waals surface area contributed by atoms with Crippen LogP contribution in [0.4, 0.5) is 4.39 Å². The fourth-order valence-electron chi connectivity index (χ4n) is 2.90. The molecule has 3 nitrogen and oxygen atoms in total. The first-order valence-electron chi connectivity index (χ1n) is 7.38. The highest BCUT2D eigenvalue weighted by molar-refractivity contribution is 8.00. The number of benzene rings is 2. The van der Waals surface area contributed by atoms with Crippen LogP contribution in [0.2, 0.25) is 0 Å². The maximum Gasteiger partial charge on any atom is 0.176 e. The Labute approximate surface area is 136 Å². The second kappa shape index (κ2) is 6.26. The molecular weight excluding hydrogens is 313 g/mol. The first-order chi connectivity index (χ1) is 10.9. The summed E-state index contributed by atoms with van der Waals surface area (Å²) in [5.74, 6) is -0.426.